The lowest BCUT2D eigenvalue weighted by atomic mass is 9.93. The van der Waals surface area contributed by atoms with E-state index in [1.54, 1.807) is 29.0 Å². The van der Waals surface area contributed by atoms with Gasteiger partial charge in [0.05, 0.1) is 0 Å². The highest BCUT2D eigenvalue weighted by atomic mass is 35.5. The minimum Gasteiger partial charge on any atom is -0.343 e. The highest BCUT2D eigenvalue weighted by Crippen LogP contribution is 2.16. The molecule has 1 amide bonds. The van der Waals surface area contributed by atoms with Gasteiger partial charge < -0.3 is 10.6 Å². The smallest absolute Gasteiger partial charge is 0.246 e. The maximum atomic E-state index is 12.2. The standard InChI is InChI=1S/C12H22N4O.2ClH/c1-10(16-7-5-6-14-16)11(17)15(4)9-12(2,3)8-13;;/h5-7,10H,8-9,13H2,1-4H3;2*1H. The SMILES string of the molecule is CC(C(=O)N(C)CC(C)(C)CN)n1cccn1.Cl.Cl. The van der Waals surface area contributed by atoms with E-state index in [1.807, 2.05) is 13.0 Å². The topological polar surface area (TPSA) is 64.2 Å². The molecule has 0 aliphatic carbocycles. The molecular weight excluding hydrogens is 287 g/mol. The highest BCUT2D eigenvalue weighted by molar-refractivity contribution is 5.85. The normalized spacial score (nSPS) is 12.1. The molecule has 0 saturated heterocycles. The van der Waals surface area contributed by atoms with E-state index in [9.17, 15) is 4.79 Å². The molecule has 0 aromatic carbocycles. The third kappa shape index (κ3) is 5.80. The third-order valence-electron chi connectivity index (χ3n) is 2.87. The van der Waals surface area contributed by atoms with E-state index in [0.29, 0.717) is 13.1 Å². The van der Waals surface area contributed by atoms with Gasteiger partial charge in [-0.05, 0) is 24.9 Å². The van der Waals surface area contributed by atoms with Gasteiger partial charge in [0.15, 0.2) is 0 Å². The predicted octanol–water partition coefficient (Wildman–Crippen LogP) is 1.73. The minimum absolute atomic E-state index is 0. The maximum Gasteiger partial charge on any atom is 0.246 e. The maximum absolute atomic E-state index is 12.2. The van der Waals surface area contributed by atoms with E-state index in [4.69, 9.17) is 5.73 Å². The summed E-state index contributed by atoms with van der Waals surface area (Å²) in [6.07, 6.45) is 3.47. The second-order valence-corrected chi connectivity index (χ2v) is 5.22. The van der Waals surface area contributed by atoms with Gasteiger partial charge in [-0.1, -0.05) is 13.8 Å². The zero-order valence-electron chi connectivity index (χ0n) is 11.9. The van der Waals surface area contributed by atoms with Gasteiger partial charge in [0.1, 0.15) is 6.04 Å². The number of nitrogens with two attached hydrogens (primary N) is 1. The number of amides is 1. The summed E-state index contributed by atoms with van der Waals surface area (Å²) < 4.78 is 1.66. The quantitative estimate of drug-likeness (QED) is 0.901. The van der Waals surface area contributed by atoms with Crippen LogP contribution in [0.3, 0.4) is 0 Å². The molecule has 0 aliphatic rings. The van der Waals surface area contributed by atoms with Gasteiger partial charge in [-0.15, -0.1) is 24.8 Å². The molecule has 0 bridgehead atoms. The third-order valence-corrected chi connectivity index (χ3v) is 2.87. The van der Waals surface area contributed by atoms with E-state index in [0.717, 1.165) is 0 Å². The summed E-state index contributed by atoms with van der Waals surface area (Å²) in [7, 11) is 1.81. The molecular formula is C12H24Cl2N4O. The Balaban J connectivity index is 0. The van der Waals surface area contributed by atoms with Crippen molar-refractivity contribution >= 4 is 30.7 Å². The second-order valence-electron chi connectivity index (χ2n) is 5.22. The lowest BCUT2D eigenvalue weighted by Crippen LogP contribution is -2.42. The Morgan fingerprint density at radius 3 is 2.47 bits per heavy atom. The Kier molecular flexibility index (Phi) is 9.08. The summed E-state index contributed by atoms with van der Waals surface area (Å²) in [6.45, 7) is 7.15. The van der Waals surface area contributed by atoms with E-state index >= 15 is 0 Å². The number of carbonyl (C=O) groups is 1. The van der Waals surface area contributed by atoms with Crippen LogP contribution < -0.4 is 5.73 Å². The van der Waals surface area contributed by atoms with Crippen LogP contribution in [0, 0.1) is 5.41 Å². The van der Waals surface area contributed by atoms with E-state index < -0.39 is 0 Å². The summed E-state index contributed by atoms with van der Waals surface area (Å²) in [5.41, 5.74) is 5.61. The fourth-order valence-electron chi connectivity index (χ4n) is 1.73. The average Bonchev–Trinajstić information content (AvgIpc) is 2.80. The van der Waals surface area contributed by atoms with Crippen LogP contribution in [-0.4, -0.2) is 40.7 Å². The van der Waals surface area contributed by atoms with Crippen LogP contribution in [0.1, 0.15) is 26.8 Å². The highest BCUT2D eigenvalue weighted by Gasteiger charge is 2.25. The Labute approximate surface area is 127 Å². The molecule has 7 heteroatoms. The first-order chi connectivity index (χ1) is 7.87. The molecule has 1 aromatic rings. The number of nitrogens with zero attached hydrogens (tertiary/aromatic N) is 3. The molecule has 1 atom stereocenters. The lowest BCUT2D eigenvalue weighted by Gasteiger charge is -2.30. The Morgan fingerprint density at radius 2 is 2.05 bits per heavy atom. The van der Waals surface area contributed by atoms with E-state index in [2.05, 4.69) is 18.9 Å². The summed E-state index contributed by atoms with van der Waals surface area (Å²) in [4.78, 5) is 13.9. The first-order valence-corrected chi connectivity index (χ1v) is 5.81. The fraction of sp³-hybridized carbons (Fsp3) is 0.667. The van der Waals surface area contributed by atoms with Gasteiger partial charge in [-0.3, -0.25) is 9.48 Å². The van der Waals surface area contributed by atoms with Crippen molar-refractivity contribution in [3.8, 4) is 0 Å². The Hall–Kier alpha value is -0.780. The lowest BCUT2D eigenvalue weighted by molar-refractivity contribution is -0.134. The molecule has 0 saturated carbocycles. The van der Waals surface area contributed by atoms with Crippen LogP contribution in [0.5, 0.6) is 0 Å². The number of likely N-dealkylation sites (N-methyl/N-ethyl adjacent to an activating group) is 1. The number of aromatic nitrogens is 2. The number of rotatable bonds is 5. The van der Waals surface area contributed by atoms with Gasteiger partial charge in [-0.25, -0.2) is 0 Å². The Bertz CT molecular complexity index is 368. The van der Waals surface area contributed by atoms with Crippen LogP contribution in [0.25, 0.3) is 0 Å². The van der Waals surface area contributed by atoms with Crippen molar-refractivity contribution in [2.24, 2.45) is 11.1 Å². The van der Waals surface area contributed by atoms with Crippen molar-refractivity contribution in [3.05, 3.63) is 18.5 Å². The molecule has 19 heavy (non-hydrogen) atoms. The molecule has 1 heterocycles. The molecule has 1 unspecified atom stereocenters. The summed E-state index contributed by atoms with van der Waals surface area (Å²) >= 11 is 0. The molecule has 112 valence electrons. The number of halogens is 2. The molecule has 2 N–H and O–H groups in total. The summed E-state index contributed by atoms with van der Waals surface area (Å²) in [6, 6.07) is 1.54. The molecule has 1 aromatic heterocycles. The van der Waals surface area contributed by atoms with Crippen molar-refractivity contribution in [3.63, 3.8) is 0 Å². The van der Waals surface area contributed by atoms with Gasteiger partial charge in [0.2, 0.25) is 5.91 Å². The Morgan fingerprint density at radius 1 is 1.47 bits per heavy atom. The number of hydrogen-bond donors (Lipinski definition) is 1. The van der Waals surface area contributed by atoms with E-state index in [-0.39, 0.29) is 42.2 Å². The molecule has 1 rings (SSSR count). The van der Waals surface area contributed by atoms with Crippen molar-refractivity contribution < 1.29 is 4.79 Å². The molecule has 0 radical (unpaired) electrons. The average molecular weight is 311 g/mol. The fourth-order valence-corrected chi connectivity index (χ4v) is 1.73. The summed E-state index contributed by atoms with van der Waals surface area (Å²) in [5.74, 6) is 0.0511. The molecule has 0 spiro atoms. The second kappa shape index (κ2) is 8.40. The first-order valence-electron chi connectivity index (χ1n) is 5.81. The van der Waals surface area contributed by atoms with Crippen molar-refractivity contribution in [2.75, 3.05) is 20.1 Å². The monoisotopic (exact) mass is 310 g/mol. The van der Waals surface area contributed by atoms with Crippen molar-refractivity contribution in [1.29, 1.82) is 0 Å². The van der Waals surface area contributed by atoms with Gasteiger partial charge >= 0.3 is 0 Å². The van der Waals surface area contributed by atoms with Crippen molar-refractivity contribution in [2.45, 2.75) is 26.8 Å². The zero-order valence-corrected chi connectivity index (χ0v) is 13.5. The molecule has 0 aliphatic heterocycles. The van der Waals surface area contributed by atoms with Crippen LogP contribution >= 0.6 is 24.8 Å². The van der Waals surface area contributed by atoms with Crippen molar-refractivity contribution in [1.82, 2.24) is 14.7 Å². The molecule has 5 nitrogen and oxygen atoms in total. The minimum atomic E-state index is -0.274. The van der Waals surface area contributed by atoms with Gasteiger partial charge in [0.25, 0.3) is 0 Å². The first kappa shape index (κ1) is 20.5. The van der Waals surface area contributed by atoms with E-state index in [1.165, 1.54) is 0 Å². The summed E-state index contributed by atoms with van der Waals surface area (Å²) in [5, 5.41) is 4.08. The van der Waals surface area contributed by atoms with Crippen LogP contribution in [-0.2, 0) is 4.79 Å². The number of hydrogen-bond acceptors (Lipinski definition) is 3. The number of carbonyl (C=O) groups excluding carboxylic acids is 1. The van der Waals surface area contributed by atoms with Gasteiger partial charge in [-0.2, -0.15) is 5.10 Å². The van der Waals surface area contributed by atoms with Crippen LogP contribution in [0.2, 0.25) is 0 Å². The van der Waals surface area contributed by atoms with Crippen LogP contribution in [0.4, 0.5) is 0 Å². The van der Waals surface area contributed by atoms with Crippen LogP contribution in [0.15, 0.2) is 18.5 Å². The molecule has 0 fully saturated rings. The predicted molar refractivity (Wildman–Crippen MR) is 81.9 cm³/mol. The van der Waals surface area contributed by atoms with Gasteiger partial charge in [0, 0.05) is 26.0 Å². The zero-order chi connectivity index (χ0) is 13.1. The largest absolute Gasteiger partial charge is 0.343 e.